The Hall–Kier alpha value is -1.81. The second kappa shape index (κ2) is 4.22. The minimum atomic E-state index is -0.970. The van der Waals surface area contributed by atoms with Gasteiger partial charge in [0.15, 0.2) is 0 Å². The Morgan fingerprint density at radius 1 is 1.24 bits per heavy atom. The predicted octanol–water partition coefficient (Wildman–Crippen LogP) is 3.31. The standard InChI is InChI=1S/C13H13NO2S/c1-7-3-5-9(6-4-7)10-8(2)17-12(14)11(10)13(15)16/h3-6H,14H2,1-2H3,(H,15,16). The molecule has 0 unspecified atom stereocenters. The number of benzene rings is 1. The molecular formula is C13H13NO2S. The number of hydrogen-bond acceptors (Lipinski definition) is 3. The largest absolute Gasteiger partial charge is 0.478 e. The number of hydrogen-bond donors (Lipinski definition) is 2. The summed E-state index contributed by atoms with van der Waals surface area (Å²) in [6.45, 7) is 3.89. The molecule has 3 N–H and O–H groups in total. The molecule has 0 aliphatic carbocycles. The molecule has 0 radical (unpaired) electrons. The summed E-state index contributed by atoms with van der Waals surface area (Å²) in [6.07, 6.45) is 0. The maximum absolute atomic E-state index is 11.2. The third kappa shape index (κ3) is 2.03. The smallest absolute Gasteiger partial charge is 0.339 e. The summed E-state index contributed by atoms with van der Waals surface area (Å²) >= 11 is 1.32. The van der Waals surface area contributed by atoms with Crippen molar-refractivity contribution in [1.29, 1.82) is 0 Å². The molecule has 88 valence electrons. The normalized spacial score (nSPS) is 10.5. The minimum absolute atomic E-state index is 0.219. The highest BCUT2D eigenvalue weighted by Gasteiger charge is 2.20. The number of rotatable bonds is 2. The van der Waals surface area contributed by atoms with Crippen LogP contribution in [0.4, 0.5) is 5.00 Å². The molecule has 1 aromatic heterocycles. The third-order valence-electron chi connectivity index (χ3n) is 2.67. The number of carbonyl (C=O) groups is 1. The Bertz CT molecular complexity index is 570. The number of carboxylic acids is 1. The quantitative estimate of drug-likeness (QED) is 0.855. The summed E-state index contributed by atoms with van der Waals surface area (Å²) in [7, 11) is 0. The fourth-order valence-electron chi connectivity index (χ4n) is 1.85. The molecule has 0 atom stereocenters. The fraction of sp³-hybridized carbons (Fsp3) is 0.154. The third-order valence-corrected chi connectivity index (χ3v) is 3.60. The average Bonchev–Trinajstić information content (AvgIpc) is 2.55. The lowest BCUT2D eigenvalue weighted by atomic mass is 10.0. The zero-order chi connectivity index (χ0) is 12.6. The lowest BCUT2D eigenvalue weighted by molar-refractivity contribution is 0.0699. The van der Waals surface area contributed by atoms with Gasteiger partial charge in [0.05, 0.1) is 0 Å². The van der Waals surface area contributed by atoms with Gasteiger partial charge in [0.2, 0.25) is 0 Å². The van der Waals surface area contributed by atoms with E-state index in [-0.39, 0.29) is 5.56 Å². The molecule has 0 saturated heterocycles. The van der Waals surface area contributed by atoms with E-state index < -0.39 is 5.97 Å². The van der Waals surface area contributed by atoms with Crippen molar-refractivity contribution < 1.29 is 9.90 Å². The van der Waals surface area contributed by atoms with E-state index in [1.807, 2.05) is 38.1 Å². The highest BCUT2D eigenvalue weighted by atomic mass is 32.1. The van der Waals surface area contributed by atoms with Crippen LogP contribution in [0.1, 0.15) is 20.8 Å². The molecule has 2 aromatic rings. The molecule has 0 bridgehead atoms. The lowest BCUT2D eigenvalue weighted by Gasteiger charge is -2.04. The first kappa shape index (κ1) is 11.7. The average molecular weight is 247 g/mol. The molecule has 1 aromatic carbocycles. The van der Waals surface area contributed by atoms with Crippen molar-refractivity contribution >= 4 is 22.3 Å². The van der Waals surface area contributed by atoms with Crippen LogP contribution in [0.3, 0.4) is 0 Å². The maximum atomic E-state index is 11.2. The van der Waals surface area contributed by atoms with Gasteiger partial charge < -0.3 is 10.8 Å². The van der Waals surface area contributed by atoms with Crippen molar-refractivity contribution in [2.45, 2.75) is 13.8 Å². The van der Waals surface area contributed by atoms with Gasteiger partial charge in [-0.3, -0.25) is 0 Å². The maximum Gasteiger partial charge on any atom is 0.339 e. The molecule has 0 saturated carbocycles. The summed E-state index contributed by atoms with van der Waals surface area (Å²) in [5.74, 6) is -0.970. The number of aryl methyl sites for hydroxylation is 2. The van der Waals surface area contributed by atoms with Crippen molar-refractivity contribution in [3.63, 3.8) is 0 Å². The highest BCUT2D eigenvalue weighted by molar-refractivity contribution is 7.16. The van der Waals surface area contributed by atoms with Gasteiger partial charge >= 0.3 is 5.97 Å². The van der Waals surface area contributed by atoms with E-state index in [2.05, 4.69) is 0 Å². The summed E-state index contributed by atoms with van der Waals surface area (Å²) in [4.78, 5) is 12.2. The second-order valence-electron chi connectivity index (χ2n) is 3.94. The van der Waals surface area contributed by atoms with Crippen LogP contribution in [-0.4, -0.2) is 11.1 Å². The zero-order valence-electron chi connectivity index (χ0n) is 9.65. The van der Waals surface area contributed by atoms with E-state index in [9.17, 15) is 9.90 Å². The van der Waals surface area contributed by atoms with Crippen molar-refractivity contribution in [2.75, 3.05) is 5.73 Å². The molecule has 17 heavy (non-hydrogen) atoms. The SMILES string of the molecule is Cc1ccc(-c2c(C)sc(N)c2C(=O)O)cc1. The summed E-state index contributed by atoms with van der Waals surface area (Å²) in [5.41, 5.74) is 8.75. The van der Waals surface area contributed by atoms with Crippen LogP contribution in [0.5, 0.6) is 0 Å². The Labute approximate surface area is 104 Å². The van der Waals surface area contributed by atoms with E-state index in [0.717, 1.165) is 21.6 Å². The van der Waals surface area contributed by atoms with Crippen LogP contribution in [0.2, 0.25) is 0 Å². The second-order valence-corrected chi connectivity index (χ2v) is 5.20. The molecule has 4 heteroatoms. The molecular weight excluding hydrogens is 234 g/mol. The summed E-state index contributed by atoms with van der Waals surface area (Å²) in [5, 5.41) is 9.57. The van der Waals surface area contributed by atoms with Gasteiger partial charge in [-0.1, -0.05) is 29.8 Å². The van der Waals surface area contributed by atoms with Gasteiger partial charge in [0, 0.05) is 10.4 Å². The summed E-state index contributed by atoms with van der Waals surface area (Å²) < 4.78 is 0. The van der Waals surface area contributed by atoms with Gasteiger partial charge in [-0.25, -0.2) is 4.79 Å². The minimum Gasteiger partial charge on any atom is -0.478 e. The summed E-state index contributed by atoms with van der Waals surface area (Å²) in [6, 6.07) is 7.79. The van der Waals surface area contributed by atoms with Crippen molar-refractivity contribution in [2.24, 2.45) is 0 Å². The van der Waals surface area contributed by atoms with E-state index in [0.29, 0.717) is 5.00 Å². The van der Waals surface area contributed by atoms with Crippen LogP contribution >= 0.6 is 11.3 Å². The topological polar surface area (TPSA) is 63.3 Å². The van der Waals surface area contributed by atoms with Crippen LogP contribution in [-0.2, 0) is 0 Å². The Balaban J connectivity index is 2.66. The van der Waals surface area contributed by atoms with Gasteiger partial charge in [-0.15, -0.1) is 11.3 Å². The molecule has 3 nitrogen and oxygen atoms in total. The first-order chi connectivity index (χ1) is 8.00. The molecule has 2 rings (SSSR count). The Morgan fingerprint density at radius 3 is 2.35 bits per heavy atom. The lowest BCUT2D eigenvalue weighted by Crippen LogP contribution is -2.00. The number of nitrogens with two attached hydrogens (primary N) is 1. The number of anilines is 1. The molecule has 0 aliphatic heterocycles. The van der Waals surface area contributed by atoms with E-state index in [4.69, 9.17) is 5.73 Å². The van der Waals surface area contributed by atoms with E-state index in [1.165, 1.54) is 11.3 Å². The van der Waals surface area contributed by atoms with Gasteiger partial charge in [-0.05, 0) is 19.4 Å². The van der Waals surface area contributed by atoms with Gasteiger partial charge in [0.25, 0.3) is 0 Å². The number of aromatic carboxylic acids is 1. The predicted molar refractivity (Wildman–Crippen MR) is 70.6 cm³/mol. The molecule has 0 fully saturated rings. The Morgan fingerprint density at radius 2 is 1.82 bits per heavy atom. The Kier molecular flexibility index (Phi) is 2.90. The monoisotopic (exact) mass is 247 g/mol. The zero-order valence-corrected chi connectivity index (χ0v) is 10.5. The number of thiophene rings is 1. The van der Waals surface area contributed by atoms with Gasteiger partial charge in [0.1, 0.15) is 10.6 Å². The molecule has 0 amide bonds. The van der Waals surface area contributed by atoms with E-state index >= 15 is 0 Å². The highest BCUT2D eigenvalue weighted by Crippen LogP contribution is 2.38. The van der Waals surface area contributed by atoms with Crippen LogP contribution in [0, 0.1) is 13.8 Å². The van der Waals surface area contributed by atoms with Crippen LogP contribution in [0.15, 0.2) is 24.3 Å². The number of nitrogen functional groups attached to an aromatic ring is 1. The molecule has 1 heterocycles. The van der Waals surface area contributed by atoms with Crippen molar-refractivity contribution in [1.82, 2.24) is 0 Å². The van der Waals surface area contributed by atoms with E-state index in [1.54, 1.807) is 0 Å². The van der Waals surface area contributed by atoms with Crippen LogP contribution in [0.25, 0.3) is 11.1 Å². The van der Waals surface area contributed by atoms with Crippen LogP contribution < -0.4 is 5.73 Å². The van der Waals surface area contributed by atoms with Crippen molar-refractivity contribution in [3.05, 3.63) is 40.3 Å². The van der Waals surface area contributed by atoms with Crippen molar-refractivity contribution in [3.8, 4) is 11.1 Å². The first-order valence-corrected chi connectivity index (χ1v) is 6.01. The number of carboxylic acid groups (broad SMARTS) is 1. The first-order valence-electron chi connectivity index (χ1n) is 5.20. The van der Waals surface area contributed by atoms with Gasteiger partial charge in [-0.2, -0.15) is 0 Å². The molecule has 0 aliphatic rings. The molecule has 0 spiro atoms. The fourth-order valence-corrected chi connectivity index (χ4v) is 2.79.